The van der Waals surface area contributed by atoms with Crippen LogP contribution in [0.2, 0.25) is 0 Å². The van der Waals surface area contributed by atoms with E-state index in [0.717, 1.165) is 11.1 Å². The molecule has 0 aliphatic heterocycles. The molecule has 192 valence electrons. The molecule has 0 amide bonds. The summed E-state index contributed by atoms with van der Waals surface area (Å²) in [4.78, 5) is 16.2. The van der Waals surface area contributed by atoms with Crippen LogP contribution in [0.15, 0.2) is 112 Å². The highest BCUT2D eigenvalue weighted by atomic mass is 32.2. The highest BCUT2D eigenvalue weighted by Crippen LogP contribution is 2.35. The Kier molecular flexibility index (Phi) is 8.55. The highest BCUT2D eigenvalue weighted by molar-refractivity contribution is 7.97. The first-order valence-corrected chi connectivity index (χ1v) is 13.5. The first-order valence-electron chi connectivity index (χ1n) is 12.3. The van der Waals surface area contributed by atoms with E-state index in [1.807, 2.05) is 26.0 Å². The van der Waals surface area contributed by atoms with Gasteiger partial charge in [0.2, 0.25) is 0 Å². The Bertz CT molecular complexity index is 1390. The molecule has 0 spiro atoms. The van der Waals surface area contributed by atoms with Crippen molar-refractivity contribution in [1.82, 2.24) is 0 Å². The molecular formula is C33H30FO3S+. The zero-order chi connectivity index (χ0) is 27.1. The summed E-state index contributed by atoms with van der Waals surface area (Å²) in [7, 11) is -0.272. The van der Waals surface area contributed by atoms with Gasteiger partial charge in [0, 0.05) is 17.7 Å². The summed E-state index contributed by atoms with van der Waals surface area (Å²) in [6.07, 6.45) is 0. The number of esters is 1. The zero-order valence-corrected chi connectivity index (χ0v) is 22.8. The van der Waals surface area contributed by atoms with Crippen molar-refractivity contribution in [3.8, 4) is 17.6 Å². The topological polar surface area (TPSA) is 35.5 Å². The average molecular weight is 526 g/mol. The second kappa shape index (κ2) is 12.0. The molecule has 0 fully saturated rings. The Morgan fingerprint density at radius 3 is 1.87 bits per heavy atom. The van der Waals surface area contributed by atoms with Crippen LogP contribution in [0, 0.1) is 31.5 Å². The molecule has 0 aliphatic carbocycles. The number of carbonyl (C=O) groups excluding carboxylic acids is 1. The third-order valence-corrected chi connectivity index (χ3v) is 7.88. The van der Waals surface area contributed by atoms with E-state index < -0.39 is 11.6 Å². The van der Waals surface area contributed by atoms with Crippen LogP contribution in [-0.2, 0) is 20.4 Å². The van der Waals surface area contributed by atoms with Crippen molar-refractivity contribution in [2.45, 2.75) is 48.0 Å². The normalized spacial score (nSPS) is 11.0. The first-order chi connectivity index (χ1) is 18.2. The minimum absolute atomic E-state index is 0.230. The Morgan fingerprint density at radius 1 is 0.816 bits per heavy atom. The van der Waals surface area contributed by atoms with Crippen LogP contribution in [0.4, 0.5) is 4.39 Å². The van der Waals surface area contributed by atoms with E-state index in [1.165, 1.54) is 26.8 Å². The van der Waals surface area contributed by atoms with Crippen LogP contribution in [0.1, 0.15) is 30.5 Å². The quantitative estimate of drug-likeness (QED) is 0.144. The lowest BCUT2D eigenvalue weighted by molar-refractivity contribution is -0.154. The van der Waals surface area contributed by atoms with Gasteiger partial charge >= 0.3 is 5.97 Å². The molecule has 0 saturated heterocycles. The van der Waals surface area contributed by atoms with Gasteiger partial charge in [0.05, 0.1) is 10.9 Å². The molecule has 0 aliphatic rings. The standard InChI is InChI=1S/C33H30FO3S/c1-24-21-30(38(28-11-7-5-8-12-28)29-13-9-6-10-14-29)22-25(2)32(24)36-23-31(35)37-33(3,4)20-19-26-15-17-27(34)18-16-26/h5-18,21-22H,23H2,1-4H3/q+1. The molecule has 0 heterocycles. The highest BCUT2D eigenvalue weighted by Gasteiger charge is 2.30. The number of halogens is 1. The maximum atomic E-state index is 13.1. The van der Waals surface area contributed by atoms with E-state index in [4.69, 9.17) is 9.47 Å². The predicted molar refractivity (Wildman–Crippen MR) is 150 cm³/mol. The minimum Gasteiger partial charge on any atom is -0.481 e. The van der Waals surface area contributed by atoms with E-state index in [-0.39, 0.29) is 23.3 Å². The molecule has 0 saturated carbocycles. The van der Waals surface area contributed by atoms with Crippen LogP contribution in [0.5, 0.6) is 5.75 Å². The van der Waals surface area contributed by atoms with Crippen LogP contribution < -0.4 is 4.74 Å². The number of ether oxygens (including phenoxy) is 2. The summed E-state index contributed by atoms with van der Waals surface area (Å²) in [5.74, 6) is 5.68. The number of hydrogen-bond donors (Lipinski definition) is 0. The van der Waals surface area contributed by atoms with Crippen molar-refractivity contribution >= 4 is 16.9 Å². The van der Waals surface area contributed by atoms with Gasteiger partial charge in [0.15, 0.2) is 26.9 Å². The monoisotopic (exact) mass is 525 g/mol. The fourth-order valence-corrected chi connectivity index (χ4v) is 6.27. The molecular weight excluding hydrogens is 495 g/mol. The molecule has 5 heteroatoms. The molecule has 3 nitrogen and oxygen atoms in total. The Balaban J connectivity index is 1.48. The number of rotatable bonds is 7. The van der Waals surface area contributed by atoms with Gasteiger partial charge < -0.3 is 9.47 Å². The fourth-order valence-electron chi connectivity index (χ4n) is 4.00. The Morgan fingerprint density at radius 2 is 1.34 bits per heavy atom. The fraction of sp³-hybridized carbons (Fsp3) is 0.182. The summed E-state index contributed by atoms with van der Waals surface area (Å²) in [5, 5.41) is 0. The van der Waals surface area contributed by atoms with Crippen molar-refractivity contribution in [3.63, 3.8) is 0 Å². The third kappa shape index (κ3) is 7.06. The maximum Gasteiger partial charge on any atom is 0.345 e. The first kappa shape index (κ1) is 27.0. The largest absolute Gasteiger partial charge is 0.481 e. The molecule has 4 aromatic rings. The lowest BCUT2D eigenvalue weighted by Gasteiger charge is -2.20. The smallest absolute Gasteiger partial charge is 0.345 e. The SMILES string of the molecule is Cc1cc([S+](c2ccccc2)c2ccccc2)cc(C)c1OCC(=O)OC(C)(C)C#Cc1ccc(F)cc1. The van der Waals surface area contributed by atoms with Gasteiger partial charge in [-0.25, -0.2) is 9.18 Å². The maximum absolute atomic E-state index is 13.1. The van der Waals surface area contributed by atoms with Crippen molar-refractivity contribution < 1.29 is 18.7 Å². The van der Waals surface area contributed by atoms with Gasteiger partial charge in [-0.05, 0) is 87.4 Å². The number of aryl methyl sites for hydroxylation is 2. The third-order valence-electron chi connectivity index (χ3n) is 5.68. The second-order valence-corrected chi connectivity index (χ2v) is 11.4. The molecule has 0 atom stereocenters. The van der Waals surface area contributed by atoms with E-state index in [0.29, 0.717) is 11.3 Å². The summed E-state index contributed by atoms with van der Waals surface area (Å²) in [6.45, 7) is 7.17. The Hall–Kier alpha value is -4.01. The number of carbonyl (C=O) groups is 1. The lowest BCUT2D eigenvalue weighted by Crippen LogP contribution is -2.29. The van der Waals surface area contributed by atoms with Crippen LogP contribution in [0.25, 0.3) is 0 Å². The summed E-state index contributed by atoms with van der Waals surface area (Å²) in [5.41, 5.74) is 1.52. The van der Waals surface area contributed by atoms with E-state index >= 15 is 0 Å². The van der Waals surface area contributed by atoms with Gasteiger partial charge in [-0.3, -0.25) is 0 Å². The predicted octanol–water partition coefficient (Wildman–Crippen LogP) is 7.29. The molecule has 0 radical (unpaired) electrons. The van der Waals surface area contributed by atoms with E-state index in [9.17, 15) is 9.18 Å². The van der Waals surface area contributed by atoms with E-state index in [2.05, 4.69) is 72.5 Å². The zero-order valence-electron chi connectivity index (χ0n) is 22.0. The molecule has 0 unspecified atom stereocenters. The summed E-state index contributed by atoms with van der Waals surface area (Å²) >= 11 is 0. The number of benzene rings is 4. The van der Waals surface area contributed by atoms with Crippen molar-refractivity contribution in [2.24, 2.45) is 0 Å². The molecule has 0 N–H and O–H groups in total. The molecule has 4 aromatic carbocycles. The van der Waals surface area contributed by atoms with Crippen LogP contribution >= 0.6 is 0 Å². The molecule has 38 heavy (non-hydrogen) atoms. The van der Waals surface area contributed by atoms with Crippen molar-refractivity contribution in [2.75, 3.05) is 6.61 Å². The lowest BCUT2D eigenvalue weighted by atomic mass is 10.1. The van der Waals surface area contributed by atoms with Gasteiger partial charge in [-0.1, -0.05) is 48.2 Å². The van der Waals surface area contributed by atoms with Gasteiger partial charge in [0.25, 0.3) is 0 Å². The van der Waals surface area contributed by atoms with Crippen molar-refractivity contribution in [1.29, 1.82) is 0 Å². The van der Waals surface area contributed by atoms with Crippen LogP contribution in [-0.4, -0.2) is 18.2 Å². The van der Waals surface area contributed by atoms with Crippen LogP contribution in [0.3, 0.4) is 0 Å². The molecule has 4 rings (SSSR count). The average Bonchev–Trinajstić information content (AvgIpc) is 2.89. The van der Waals surface area contributed by atoms with Gasteiger partial charge in [-0.15, -0.1) is 0 Å². The molecule has 0 aromatic heterocycles. The second-order valence-electron chi connectivity index (χ2n) is 9.35. The minimum atomic E-state index is -1.03. The number of hydrogen-bond acceptors (Lipinski definition) is 3. The Labute approximate surface area is 227 Å². The molecule has 0 bridgehead atoms. The van der Waals surface area contributed by atoms with E-state index in [1.54, 1.807) is 26.0 Å². The summed E-state index contributed by atoms with van der Waals surface area (Å²) in [6, 6.07) is 31.0. The summed E-state index contributed by atoms with van der Waals surface area (Å²) < 4.78 is 24.6. The van der Waals surface area contributed by atoms with Gasteiger partial charge in [-0.2, -0.15) is 0 Å². The van der Waals surface area contributed by atoms with Gasteiger partial charge in [0.1, 0.15) is 11.6 Å². The van der Waals surface area contributed by atoms with Crippen molar-refractivity contribution in [3.05, 3.63) is 120 Å².